The summed E-state index contributed by atoms with van der Waals surface area (Å²) in [6, 6.07) is 6.70. The van der Waals surface area contributed by atoms with E-state index in [0.717, 1.165) is 23.8 Å². The first-order valence-electron chi connectivity index (χ1n) is 7.91. The molecule has 2 N–H and O–H groups in total. The molecule has 1 aromatic carbocycles. The van der Waals surface area contributed by atoms with Gasteiger partial charge in [0.2, 0.25) is 11.8 Å². The Morgan fingerprint density at radius 2 is 1.75 bits per heavy atom. The summed E-state index contributed by atoms with van der Waals surface area (Å²) in [6.45, 7) is 1.84. The van der Waals surface area contributed by atoms with Gasteiger partial charge < -0.3 is 19.4 Å². The normalized spacial score (nSPS) is 21.5. The Labute approximate surface area is 136 Å². The zero-order valence-corrected chi connectivity index (χ0v) is 12.9. The van der Waals surface area contributed by atoms with Crippen molar-refractivity contribution >= 4 is 11.0 Å². The van der Waals surface area contributed by atoms with Gasteiger partial charge in [0.1, 0.15) is 5.58 Å². The first kappa shape index (κ1) is 13.7. The van der Waals surface area contributed by atoms with E-state index in [-0.39, 0.29) is 24.0 Å². The van der Waals surface area contributed by atoms with Crippen LogP contribution in [0.3, 0.4) is 0 Å². The van der Waals surface area contributed by atoms with Crippen molar-refractivity contribution in [1.82, 2.24) is 4.57 Å². The summed E-state index contributed by atoms with van der Waals surface area (Å²) in [6.07, 6.45) is 1.39. The molecule has 0 unspecified atom stereocenters. The number of hydrogen-bond donors (Lipinski definition) is 2. The summed E-state index contributed by atoms with van der Waals surface area (Å²) in [5.41, 5.74) is 2.71. The Hall–Kier alpha value is -2.73. The van der Waals surface area contributed by atoms with Gasteiger partial charge in [0.25, 0.3) is 0 Å². The van der Waals surface area contributed by atoms with Gasteiger partial charge in [-0.05, 0) is 37.5 Å². The molecule has 2 bridgehead atoms. The van der Waals surface area contributed by atoms with Gasteiger partial charge in [0, 0.05) is 17.5 Å². The lowest BCUT2D eigenvalue weighted by molar-refractivity contribution is 0.0683. The van der Waals surface area contributed by atoms with Gasteiger partial charge in [0.05, 0.1) is 29.0 Å². The van der Waals surface area contributed by atoms with Gasteiger partial charge in [-0.1, -0.05) is 0 Å². The number of nitrogens with zero attached hydrogens (tertiary/aromatic N) is 1. The predicted octanol–water partition coefficient (Wildman–Crippen LogP) is 3.21. The zero-order chi connectivity index (χ0) is 16.6. The van der Waals surface area contributed by atoms with Crippen LogP contribution in [0.15, 0.2) is 33.5 Å². The largest absolute Gasteiger partial charge is 0.494 e. The molecule has 5 rings (SSSR count). The van der Waals surface area contributed by atoms with Crippen molar-refractivity contribution in [2.45, 2.75) is 32.0 Å². The highest BCUT2D eigenvalue weighted by atomic mass is 16.5. The Morgan fingerprint density at radius 1 is 1.08 bits per heavy atom. The second kappa shape index (κ2) is 4.42. The van der Waals surface area contributed by atoms with Crippen LogP contribution in [0.4, 0.5) is 0 Å². The average Bonchev–Trinajstić information content (AvgIpc) is 3.20. The molecule has 0 spiro atoms. The number of fused-ring (bicyclic) bond motifs is 6. The topological polar surface area (TPSA) is 84.8 Å². The summed E-state index contributed by atoms with van der Waals surface area (Å²) < 4.78 is 12.4. The first-order chi connectivity index (χ1) is 11.5. The van der Waals surface area contributed by atoms with Crippen LogP contribution in [0.1, 0.15) is 41.7 Å². The van der Waals surface area contributed by atoms with Crippen LogP contribution in [-0.4, -0.2) is 14.8 Å². The molecule has 6 nitrogen and oxygen atoms in total. The highest BCUT2D eigenvalue weighted by Gasteiger charge is 2.45. The molecular weight excluding hydrogens is 310 g/mol. The smallest absolute Gasteiger partial charge is 0.336 e. The summed E-state index contributed by atoms with van der Waals surface area (Å²) in [4.78, 5) is 11.6. The van der Waals surface area contributed by atoms with E-state index in [1.165, 1.54) is 10.6 Å². The molecule has 0 saturated carbocycles. The van der Waals surface area contributed by atoms with Crippen LogP contribution in [0, 0.1) is 6.92 Å². The molecule has 0 radical (unpaired) electrons. The third-order valence-corrected chi connectivity index (χ3v) is 5.05. The zero-order valence-electron chi connectivity index (χ0n) is 12.9. The van der Waals surface area contributed by atoms with Crippen molar-refractivity contribution in [2.24, 2.45) is 0 Å². The van der Waals surface area contributed by atoms with E-state index in [4.69, 9.17) is 9.15 Å². The number of aryl methyl sites for hydroxylation is 1. The Bertz CT molecular complexity index is 1030. The lowest BCUT2D eigenvalue weighted by atomic mass is 9.95. The fourth-order valence-corrected chi connectivity index (χ4v) is 3.98. The molecule has 1 fully saturated rings. The van der Waals surface area contributed by atoms with E-state index < -0.39 is 5.63 Å². The third-order valence-electron chi connectivity index (χ3n) is 5.05. The van der Waals surface area contributed by atoms with E-state index in [9.17, 15) is 15.0 Å². The highest BCUT2D eigenvalue weighted by molar-refractivity contribution is 5.82. The minimum Gasteiger partial charge on any atom is -0.494 e. The monoisotopic (exact) mass is 325 g/mol. The van der Waals surface area contributed by atoms with Crippen LogP contribution in [0.2, 0.25) is 0 Å². The average molecular weight is 325 g/mol. The van der Waals surface area contributed by atoms with Crippen LogP contribution in [-0.2, 0) is 4.74 Å². The molecule has 2 atom stereocenters. The van der Waals surface area contributed by atoms with Gasteiger partial charge in [-0.25, -0.2) is 4.79 Å². The summed E-state index contributed by atoms with van der Waals surface area (Å²) in [7, 11) is 0. The van der Waals surface area contributed by atoms with Gasteiger partial charge in [-0.15, -0.1) is 0 Å². The minimum absolute atomic E-state index is 0.0101. The minimum atomic E-state index is -0.424. The molecule has 3 aromatic rings. The van der Waals surface area contributed by atoms with Gasteiger partial charge in [0.15, 0.2) is 0 Å². The molecule has 1 saturated heterocycles. The van der Waals surface area contributed by atoms with Crippen LogP contribution in [0.5, 0.6) is 11.8 Å². The Kier molecular flexibility index (Phi) is 2.52. The molecule has 0 aliphatic carbocycles. The number of aromatic hydroxyl groups is 2. The fourth-order valence-electron chi connectivity index (χ4n) is 3.98. The number of benzene rings is 1. The predicted molar refractivity (Wildman–Crippen MR) is 85.7 cm³/mol. The standard InChI is InChI=1S/C18H15NO5/c1-8-6-14(20)24-13-7-9(2-3-10(8)13)19-17(21)15-11-4-5-12(23-11)16(15)18(19)22/h2-3,6-7,11-12,21-22H,4-5H2,1H3/t11-,12+. The molecule has 6 heteroatoms. The fraction of sp³-hybridized carbons (Fsp3) is 0.278. The SMILES string of the molecule is Cc1cc(=O)oc2cc(-n3c(O)c4c(c3O)[C@H]3CC[C@@H]4O3)ccc12. The molecule has 24 heavy (non-hydrogen) atoms. The maximum Gasteiger partial charge on any atom is 0.336 e. The second-order valence-corrected chi connectivity index (χ2v) is 6.43. The van der Waals surface area contributed by atoms with Crippen molar-refractivity contribution in [3.8, 4) is 17.4 Å². The highest BCUT2D eigenvalue weighted by Crippen LogP contribution is 2.58. The number of hydrogen-bond acceptors (Lipinski definition) is 5. The summed E-state index contributed by atoms with van der Waals surface area (Å²) in [5, 5.41) is 22.1. The van der Waals surface area contributed by atoms with Gasteiger partial charge >= 0.3 is 5.63 Å². The van der Waals surface area contributed by atoms with Gasteiger partial charge in [-0.3, -0.25) is 4.57 Å². The number of rotatable bonds is 1. The van der Waals surface area contributed by atoms with E-state index in [0.29, 0.717) is 22.4 Å². The van der Waals surface area contributed by atoms with Crippen molar-refractivity contribution in [2.75, 3.05) is 0 Å². The molecule has 2 aliphatic rings. The quantitative estimate of drug-likeness (QED) is 0.671. The Balaban J connectivity index is 1.76. The molecular formula is C18H15NO5. The molecule has 2 aromatic heterocycles. The van der Waals surface area contributed by atoms with E-state index in [1.54, 1.807) is 12.1 Å². The first-order valence-corrected chi connectivity index (χ1v) is 7.91. The number of aromatic nitrogens is 1. The summed E-state index contributed by atoms with van der Waals surface area (Å²) in [5.74, 6) is -0.0203. The van der Waals surface area contributed by atoms with Crippen molar-refractivity contribution in [3.63, 3.8) is 0 Å². The number of ether oxygens (including phenoxy) is 1. The lowest BCUT2D eigenvalue weighted by Gasteiger charge is -2.11. The Morgan fingerprint density at radius 3 is 2.42 bits per heavy atom. The molecule has 0 amide bonds. The van der Waals surface area contributed by atoms with Crippen LogP contribution in [0.25, 0.3) is 16.7 Å². The molecule has 2 aliphatic heterocycles. The maximum atomic E-state index is 11.6. The van der Waals surface area contributed by atoms with E-state index >= 15 is 0 Å². The van der Waals surface area contributed by atoms with Gasteiger partial charge in [-0.2, -0.15) is 0 Å². The third kappa shape index (κ3) is 1.61. The molecule has 122 valence electrons. The lowest BCUT2D eigenvalue weighted by Crippen LogP contribution is -2.00. The van der Waals surface area contributed by atoms with Crippen LogP contribution >= 0.6 is 0 Å². The van der Waals surface area contributed by atoms with E-state index in [1.807, 2.05) is 13.0 Å². The van der Waals surface area contributed by atoms with Crippen molar-refractivity contribution in [3.05, 3.63) is 51.4 Å². The van der Waals surface area contributed by atoms with E-state index in [2.05, 4.69) is 0 Å². The van der Waals surface area contributed by atoms with Crippen molar-refractivity contribution in [1.29, 1.82) is 0 Å². The second-order valence-electron chi connectivity index (χ2n) is 6.43. The molecule has 4 heterocycles. The van der Waals surface area contributed by atoms with Crippen molar-refractivity contribution < 1.29 is 19.4 Å². The maximum absolute atomic E-state index is 11.6. The van der Waals surface area contributed by atoms with Crippen LogP contribution < -0.4 is 5.63 Å². The summed E-state index contributed by atoms with van der Waals surface area (Å²) >= 11 is 0.